The number of hydrogen-bond donors (Lipinski definition) is 1. The Kier molecular flexibility index (Phi) is 4.05. The largest absolute Gasteiger partial charge is 0.472 e. The first-order valence-corrected chi connectivity index (χ1v) is 6.45. The van der Waals surface area contributed by atoms with Crippen LogP contribution < -0.4 is 5.32 Å². The zero-order valence-corrected chi connectivity index (χ0v) is 11.6. The smallest absolute Gasteiger partial charge is 0.251 e. The first kappa shape index (κ1) is 13.4. The number of furan rings is 1. The number of amides is 1. The second-order valence-corrected chi connectivity index (χ2v) is 5.03. The molecule has 1 N–H and O–H groups in total. The topological polar surface area (TPSA) is 42.2 Å². The van der Waals surface area contributed by atoms with Crippen LogP contribution in [0.15, 0.2) is 41.2 Å². The molecule has 0 aliphatic heterocycles. The third-order valence-electron chi connectivity index (χ3n) is 3.13. The molecule has 0 spiro atoms. The van der Waals surface area contributed by atoms with Crippen molar-refractivity contribution in [2.24, 2.45) is 0 Å². The van der Waals surface area contributed by atoms with Gasteiger partial charge in [0.2, 0.25) is 0 Å². The van der Waals surface area contributed by atoms with Crippen LogP contribution >= 0.6 is 0 Å². The zero-order chi connectivity index (χ0) is 13.8. The van der Waals surface area contributed by atoms with E-state index in [0.717, 1.165) is 23.1 Å². The van der Waals surface area contributed by atoms with Crippen LogP contribution in [-0.2, 0) is 6.42 Å². The van der Waals surface area contributed by atoms with Crippen LogP contribution in [-0.4, -0.2) is 11.9 Å². The van der Waals surface area contributed by atoms with Crippen molar-refractivity contribution in [3.05, 3.63) is 59.0 Å². The first-order valence-electron chi connectivity index (χ1n) is 6.45. The molecule has 0 bridgehead atoms. The summed E-state index contributed by atoms with van der Waals surface area (Å²) < 4.78 is 5.02. The van der Waals surface area contributed by atoms with Gasteiger partial charge in [0.05, 0.1) is 12.5 Å². The summed E-state index contributed by atoms with van der Waals surface area (Å²) in [5.74, 6) is -0.0199. The normalized spacial score (nSPS) is 12.2. The fourth-order valence-electron chi connectivity index (χ4n) is 2.18. The average Bonchev–Trinajstić information content (AvgIpc) is 2.81. The Morgan fingerprint density at radius 1 is 1.32 bits per heavy atom. The van der Waals surface area contributed by atoms with Gasteiger partial charge in [0.15, 0.2) is 0 Å². The quantitative estimate of drug-likeness (QED) is 0.913. The molecule has 2 aromatic rings. The van der Waals surface area contributed by atoms with Crippen LogP contribution in [0.25, 0.3) is 0 Å². The van der Waals surface area contributed by atoms with E-state index in [0.29, 0.717) is 0 Å². The summed E-state index contributed by atoms with van der Waals surface area (Å²) >= 11 is 0. The van der Waals surface area contributed by atoms with Crippen molar-refractivity contribution in [3.63, 3.8) is 0 Å². The fraction of sp³-hybridized carbons (Fsp3) is 0.312. The highest BCUT2D eigenvalue weighted by molar-refractivity contribution is 5.95. The summed E-state index contributed by atoms with van der Waals surface area (Å²) in [4.78, 5) is 12.2. The van der Waals surface area contributed by atoms with Crippen LogP contribution in [0.3, 0.4) is 0 Å². The minimum absolute atomic E-state index is 0.0199. The molecule has 1 aromatic carbocycles. The SMILES string of the molecule is Cc1ccc(C(=O)NC(C)Cc2ccoc2)c(C)c1. The molecule has 1 aromatic heterocycles. The second-order valence-electron chi connectivity index (χ2n) is 5.03. The predicted octanol–water partition coefficient (Wildman–Crippen LogP) is 3.26. The third-order valence-corrected chi connectivity index (χ3v) is 3.13. The van der Waals surface area contributed by atoms with Crippen molar-refractivity contribution >= 4 is 5.91 Å². The summed E-state index contributed by atoms with van der Waals surface area (Å²) in [6.07, 6.45) is 4.13. The number of benzene rings is 1. The molecule has 0 aliphatic rings. The molecule has 0 saturated carbocycles. The zero-order valence-electron chi connectivity index (χ0n) is 11.6. The van der Waals surface area contributed by atoms with Crippen LogP contribution in [0.5, 0.6) is 0 Å². The van der Waals surface area contributed by atoms with Crippen molar-refractivity contribution < 1.29 is 9.21 Å². The lowest BCUT2D eigenvalue weighted by Gasteiger charge is -2.14. The van der Waals surface area contributed by atoms with Crippen molar-refractivity contribution in [2.75, 3.05) is 0 Å². The first-order chi connectivity index (χ1) is 9.06. The predicted molar refractivity (Wildman–Crippen MR) is 75.3 cm³/mol. The Bertz CT molecular complexity index is 558. The van der Waals surface area contributed by atoms with Gasteiger partial charge < -0.3 is 9.73 Å². The molecular weight excluding hydrogens is 238 g/mol. The van der Waals surface area contributed by atoms with Gasteiger partial charge >= 0.3 is 0 Å². The average molecular weight is 257 g/mol. The summed E-state index contributed by atoms with van der Waals surface area (Å²) in [6, 6.07) is 7.86. The molecule has 0 fully saturated rings. The van der Waals surface area contributed by atoms with Gasteiger partial charge in [-0.1, -0.05) is 17.7 Å². The minimum Gasteiger partial charge on any atom is -0.472 e. The molecule has 19 heavy (non-hydrogen) atoms. The van der Waals surface area contributed by atoms with Crippen molar-refractivity contribution in [2.45, 2.75) is 33.2 Å². The Morgan fingerprint density at radius 3 is 2.74 bits per heavy atom. The highest BCUT2D eigenvalue weighted by Crippen LogP contribution is 2.11. The van der Waals surface area contributed by atoms with E-state index in [4.69, 9.17) is 4.42 Å². The summed E-state index contributed by atoms with van der Waals surface area (Å²) in [5.41, 5.74) is 4.01. The van der Waals surface area contributed by atoms with Gasteiger partial charge in [-0.05, 0) is 50.5 Å². The maximum absolute atomic E-state index is 12.2. The van der Waals surface area contributed by atoms with Crippen LogP contribution in [0.4, 0.5) is 0 Å². The second kappa shape index (κ2) is 5.74. The van der Waals surface area contributed by atoms with Gasteiger partial charge in [-0.3, -0.25) is 4.79 Å². The molecule has 100 valence electrons. The molecular formula is C16H19NO2. The molecule has 1 atom stereocenters. The van der Waals surface area contributed by atoms with Gasteiger partial charge in [-0.2, -0.15) is 0 Å². The van der Waals surface area contributed by atoms with Crippen molar-refractivity contribution in [1.82, 2.24) is 5.32 Å². The highest BCUT2D eigenvalue weighted by atomic mass is 16.3. The monoisotopic (exact) mass is 257 g/mol. The number of rotatable bonds is 4. The Balaban J connectivity index is 2.00. The molecule has 0 saturated heterocycles. The van der Waals surface area contributed by atoms with Crippen LogP contribution in [0, 0.1) is 13.8 Å². The van der Waals surface area contributed by atoms with Gasteiger partial charge in [-0.25, -0.2) is 0 Å². The Morgan fingerprint density at radius 2 is 2.11 bits per heavy atom. The van der Waals surface area contributed by atoms with E-state index in [1.54, 1.807) is 12.5 Å². The molecule has 1 heterocycles. The van der Waals surface area contributed by atoms with Crippen LogP contribution in [0.2, 0.25) is 0 Å². The summed E-state index contributed by atoms with van der Waals surface area (Å²) in [7, 11) is 0. The lowest BCUT2D eigenvalue weighted by atomic mass is 10.0. The summed E-state index contributed by atoms with van der Waals surface area (Å²) in [6.45, 7) is 5.98. The van der Waals surface area contributed by atoms with E-state index < -0.39 is 0 Å². The number of nitrogens with one attached hydrogen (secondary N) is 1. The number of hydrogen-bond acceptors (Lipinski definition) is 2. The van der Waals surface area contributed by atoms with Crippen molar-refractivity contribution in [1.29, 1.82) is 0 Å². The van der Waals surface area contributed by atoms with Gasteiger partial charge in [0.25, 0.3) is 5.91 Å². The van der Waals surface area contributed by atoms with Crippen LogP contribution in [0.1, 0.15) is 34.0 Å². The molecule has 2 rings (SSSR count). The highest BCUT2D eigenvalue weighted by Gasteiger charge is 2.12. The maximum Gasteiger partial charge on any atom is 0.251 e. The Labute approximate surface area is 113 Å². The molecule has 3 nitrogen and oxygen atoms in total. The lowest BCUT2D eigenvalue weighted by molar-refractivity contribution is 0.0939. The maximum atomic E-state index is 12.2. The number of carbonyl (C=O) groups is 1. The van der Waals surface area contributed by atoms with E-state index >= 15 is 0 Å². The fourth-order valence-corrected chi connectivity index (χ4v) is 2.18. The molecule has 0 aliphatic carbocycles. The molecule has 0 radical (unpaired) electrons. The van der Waals surface area contributed by atoms with E-state index in [9.17, 15) is 4.79 Å². The van der Waals surface area contributed by atoms with E-state index in [-0.39, 0.29) is 11.9 Å². The lowest BCUT2D eigenvalue weighted by Crippen LogP contribution is -2.34. The van der Waals surface area contributed by atoms with E-state index in [2.05, 4.69) is 5.32 Å². The Hall–Kier alpha value is -2.03. The van der Waals surface area contributed by atoms with E-state index in [1.807, 2.05) is 45.0 Å². The molecule has 3 heteroatoms. The van der Waals surface area contributed by atoms with Gasteiger partial charge in [0.1, 0.15) is 0 Å². The summed E-state index contributed by atoms with van der Waals surface area (Å²) in [5, 5.41) is 3.01. The standard InChI is InChI=1S/C16H19NO2/c1-11-4-5-15(12(2)8-11)16(18)17-13(3)9-14-6-7-19-10-14/h4-8,10,13H,9H2,1-3H3,(H,17,18). The van der Waals surface area contributed by atoms with E-state index in [1.165, 1.54) is 5.56 Å². The number of aryl methyl sites for hydroxylation is 2. The third kappa shape index (κ3) is 3.47. The van der Waals surface area contributed by atoms with Gasteiger partial charge in [-0.15, -0.1) is 0 Å². The molecule has 1 unspecified atom stereocenters. The van der Waals surface area contributed by atoms with Crippen molar-refractivity contribution in [3.8, 4) is 0 Å². The molecule has 1 amide bonds. The number of carbonyl (C=O) groups excluding carboxylic acids is 1. The minimum atomic E-state index is -0.0199. The van der Waals surface area contributed by atoms with Gasteiger partial charge in [0, 0.05) is 11.6 Å².